The van der Waals surface area contributed by atoms with Crippen molar-refractivity contribution in [1.29, 1.82) is 0 Å². The Kier molecular flexibility index (Phi) is 3.68. The Morgan fingerprint density at radius 3 is 2.47 bits per heavy atom. The van der Waals surface area contributed by atoms with E-state index in [1.165, 1.54) is 25.7 Å². The van der Waals surface area contributed by atoms with Gasteiger partial charge in [0.15, 0.2) is 5.79 Å². The van der Waals surface area contributed by atoms with Gasteiger partial charge in [0.05, 0.1) is 6.61 Å². The average molecular weight is 266 g/mol. The van der Waals surface area contributed by atoms with Gasteiger partial charge in [0.2, 0.25) is 0 Å². The standard InChI is InChI=1S/C17H30O2/c1-16(2)14-7-6-13(12-14)15(16)8-11-19-17(18)9-4-3-5-10-17/h13-15,18H,3-12H2,1-2H3. The van der Waals surface area contributed by atoms with Crippen LogP contribution in [0.3, 0.4) is 0 Å². The highest BCUT2D eigenvalue weighted by molar-refractivity contribution is 5.01. The van der Waals surface area contributed by atoms with Crippen molar-refractivity contribution in [3.8, 4) is 0 Å². The maximum atomic E-state index is 10.4. The second-order valence-electron chi connectivity index (χ2n) is 7.84. The van der Waals surface area contributed by atoms with Gasteiger partial charge < -0.3 is 9.84 Å². The lowest BCUT2D eigenvalue weighted by molar-refractivity contribution is -0.223. The molecule has 3 fully saturated rings. The quantitative estimate of drug-likeness (QED) is 0.776. The summed E-state index contributed by atoms with van der Waals surface area (Å²) in [5.41, 5.74) is 0.501. The molecule has 2 heteroatoms. The Morgan fingerprint density at radius 2 is 1.84 bits per heavy atom. The molecule has 0 spiro atoms. The van der Waals surface area contributed by atoms with E-state index in [0.29, 0.717) is 5.41 Å². The minimum Gasteiger partial charge on any atom is -0.365 e. The molecule has 3 unspecified atom stereocenters. The first-order valence-electron chi connectivity index (χ1n) is 8.38. The summed E-state index contributed by atoms with van der Waals surface area (Å²) in [5.74, 6) is 1.91. The monoisotopic (exact) mass is 266 g/mol. The second kappa shape index (κ2) is 5.04. The van der Waals surface area contributed by atoms with E-state index in [2.05, 4.69) is 13.8 Å². The predicted octanol–water partition coefficient (Wildman–Crippen LogP) is 4.12. The van der Waals surface area contributed by atoms with Crippen molar-refractivity contribution in [3.05, 3.63) is 0 Å². The molecule has 0 amide bonds. The molecule has 3 aliphatic carbocycles. The van der Waals surface area contributed by atoms with E-state index < -0.39 is 5.79 Å². The molecule has 3 rings (SSSR count). The fraction of sp³-hybridized carbons (Fsp3) is 1.00. The molecule has 0 radical (unpaired) electrons. The first-order chi connectivity index (χ1) is 9.01. The molecule has 0 heterocycles. The van der Waals surface area contributed by atoms with Crippen LogP contribution < -0.4 is 0 Å². The van der Waals surface area contributed by atoms with Crippen molar-refractivity contribution in [2.45, 2.75) is 77.4 Å². The van der Waals surface area contributed by atoms with Gasteiger partial charge >= 0.3 is 0 Å². The number of hydrogen-bond donors (Lipinski definition) is 1. The van der Waals surface area contributed by atoms with Crippen molar-refractivity contribution in [2.75, 3.05) is 6.61 Å². The van der Waals surface area contributed by atoms with Gasteiger partial charge in [-0.3, -0.25) is 0 Å². The maximum absolute atomic E-state index is 10.4. The summed E-state index contributed by atoms with van der Waals surface area (Å²) in [4.78, 5) is 0. The molecule has 0 aromatic heterocycles. The van der Waals surface area contributed by atoms with Crippen molar-refractivity contribution < 1.29 is 9.84 Å². The van der Waals surface area contributed by atoms with Crippen LogP contribution in [-0.2, 0) is 4.74 Å². The largest absolute Gasteiger partial charge is 0.365 e. The van der Waals surface area contributed by atoms with Crippen LogP contribution >= 0.6 is 0 Å². The van der Waals surface area contributed by atoms with Crippen LogP contribution in [0.15, 0.2) is 0 Å². The Labute approximate surface area is 117 Å². The molecule has 1 N–H and O–H groups in total. The Morgan fingerprint density at radius 1 is 1.11 bits per heavy atom. The lowest BCUT2D eigenvalue weighted by Gasteiger charge is -2.39. The summed E-state index contributed by atoms with van der Waals surface area (Å²) < 4.78 is 5.89. The highest BCUT2D eigenvalue weighted by atomic mass is 16.6. The van der Waals surface area contributed by atoms with E-state index in [9.17, 15) is 5.11 Å². The number of fused-ring (bicyclic) bond motifs is 2. The fourth-order valence-electron chi connectivity index (χ4n) is 5.20. The number of aliphatic hydroxyl groups is 1. The third-order valence-electron chi connectivity index (χ3n) is 6.48. The zero-order valence-corrected chi connectivity index (χ0v) is 12.7. The van der Waals surface area contributed by atoms with E-state index in [-0.39, 0.29) is 0 Å². The highest BCUT2D eigenvalue weighted by Gasteiger charge is 2.52. The van der Waals surface area contributed by atoms with Crippen LogP contribution in [-0.4, -0.2) is 17.5 Å². The fourth-order valence-corrected chi connectivity index (χ4v) is 5.20. The van der Waals surface area contributed by atoms with Crippen LogP contribution in [0, 0.1) is 23.2 Å². The van der Waals surface area contributed by atoms with Crippen LogP contribution in [0.25, 0.3) is 0 Å². The third kappa shape index (κ3) is 2.58. The molecule has 0 aromatic carbocycles. The smallest absolute Gasteiger partial charge is 0.165 e. The first kappa shape index (κ1) is 13.9. The van der Waals surface area contributed by atoms with Crippen LogP contribution in [0.1, 0.15) is 71.6 Å². The summed E-state index contributed by atoms with van der Waals surface area (Å²) in [6.45, 7) is 5.67. The highest BCUT2D eigenvalue weighted by Crippen LogP contribution is 2.60. The third-order valence-corrected chi connectivity index (χ3v) is 6.48. The van der Waals surface area contributed by atoms with Gasteiger partial charge in [0.1, 0.15) is 0 Å². The normalized spacial score (nSPS) is 39.6. The minimum absolute atomic E-state index is 0.501. The molecule has 3 aliphatic rings. The van der Waals surface area contributed by atoms with Gasteiger partial charge in [-0.15, -0.1) is 0 Å². The summed E-state index contributed by atoms with van der Waals surface area (Å²) >= 11 is 0. The van der Waals surface area contributed by atoms with Crippen LogP contribution in [0.5, 0.6) is 0 Å². The van der Waals surface area contributed by atoms with E-state index in [1.807, 2.05) is 0 Å². The summed E-state index contributed by atoms with van der Waals surface area (Å²) in [6, 6.07) is 0. The molecule has 2 bridgehead atoms. The molecule has 0 saturated heterocycles. The molecule has 0 aromatic rings. The summed E-state index contributed by atoms with van der Waals surface area (Å²) in [5, 5.41) is 10.4. The maximum Gasteiger partial charge on any atom is 0.165 e. The van der Waals surface area contributed by atoms with Crippen molar-refractivity contribution >= 4 is 0 Å². The SMILES string of the molecule is CC1(C)C2CCC(C2)C1CCOC1(O)CCCCC1. The predicted molar refractivity (Wildman–Crippen MR) is 76.7 cm³/mol. The summed E-state index contributed by atoms with van der Waals surface area (Å²) in [6.07, 6.45) is 10.7. The van der Waals surface area contributed by atoms with Gasteiger partial charge in [-0.2, -0.15) is 0 Å². The van der Waals surface area contributed by atoms with E-state index in [1.54, 1.807) is 0 Å². The minimum atomic E-state index is -0.792. The van der Waals surface area contributed by atoms with Gasteiger partial charge in [-0.25, -0.2) is 0 Å². The van der Waals surface area contributed by atoms with Crippen LogP contribution in [0.4, 0.5) is 0 Å². The first-order valence-corrected chi connectivity index (χ1v) is 8.38. The average Bonchev–Trinajstić information content (AvgIpc) is 2.92. The van der Waals surface area contributed by atoms with Crippen LogP contribution in [0.2, 0.25) is 0 Å². The molecule has 3 atom stereocenters. The molecule has 3 saturated carbocycles. The second-order valence-corrected chi connectivity index (χ2v) is 7.84. The molecule has 19 heavy (non-hydrogen) atoms. The van der Waals surface area contributed by atoms with Gasteiger partial charge in [0, 0.05) is 12.8 Å². The van der Waals surface area contributed by atoms with Crippen molar-refractivity contribution in [3.63, 3.8) is 0 Å². The Hall–Kier alpha value is -0.0800. The number of rotatable bonds is 4. The Bertz CT molecular complexity index is 317. The zero-order chi connectivity index (χ0) is 13.5. The van der Waals surface area contributed by atoms with E-state index in [4.69, 9.17) is 4.74 Å². The van der Waals surface area contributed by atoms with Crippen molar-refractivity contribution in [1.82, 2.24) is 0 Å². The molecule has 0 aliphatic heterocycles. The molecule has 110 valence electrons. The number of hydrogen-bond acceptors (Lipinski definition) is 2. The van der Waals surface area contributed by atoms with Gasteiger partial charge in [-0.1, -0.05) is 20.3 Å². The lowest BCUT2D eigenvalue weighted by Crippen LogP contribution is -2.37. The van der Waals surface area contributed by atoms with Crippen molar-refractivity contribution in [2.24, 2.45) is 23.2 Å². The summed E-state index contributed by atoms with van der Waals surface area (Å²) in [7, 11) is 0. The Balaban J connectivity index is 1.50. The van der Waals surface area contributed by atoms with E-state index >= 15 is 0 Å². The van der Waals surface area contributed by atoms with Gasteiger partial charge in [0.25, 0.3) is 0 Å². The molecule has 2 nitrogen and oxygen atoms in total. The van der Waals surface area contributed by atoms with E-state index in [0.717, 1.165) is 56.5 Å². The molecular formula is C17H30O2. The van der Waals surface area contributed by atoms with Gasteiger partial charge in [-0.05, 0) is 61.7 Å². The lowest BCUT2D eigenvalue weighted by atomic mass is 9.67. The number of ether oxygens (including phenoxy) is 1. The molecular weight excluding hydrogens is 236 g/mol. The zero-order valence-electron chi connectivity index (χ0n) is 12.7. The topological polar surface area (TPSA) is 29.5 Å².